The van der Waals surface area contributed by atoms with Crippen LogP contribution in [0.15, 0.2) is 158 Å². The Labute approximate surface area is 412 Å². The third-order valence-electron chi connectivity index (χ3n) is 16.8. The van der Waals surface area contributed by atoms with E-state index in [1.54, 1.807) is 11.1 Å². The molecule has 348 valence electrons. The second-order valence-electron chi connectivity index (χ2n) is 20.9. The van der Waals surface area contributed by atoms with Gasteiger partial charge in [-0.3, -0.25) is 8.80 Å². The monoisotopic (exact) mass is 913 g/mol. The van der Waals surface area contributed by atoms with Crippen LogP contribution in [0.4, 0.5) is 0 Å². The number of fused-ring (bicyclic) bond motifs is 12. The molecular weight excluding hydrogens is 849 g/mol. The smallest absolute Gasteiger partial charge is 0.145 e. The lowest BCUT2D eigenvalue weighted by Crippen LogP contribution is -2.12. The standard InChI is InChI=1S/C33H34N2.C33H30N2/c2*1-3-12-23(13-4-1)25-19-11-20-26(24-14-5-2-6-15-24)32(25)31-22-34-33-29-18-8-7-16-27(29)28-17-9-10-21-30(28)35(31)33/h7-11,16-24H,1-6,12-15H2;7-12,14,16-22H,1-6,13,15H2. The first-order chi connectivity index (χ1) is 34.8. The van der Waals surface area contributed by atoms with Crippen molar-refractivity contribution in [1.82, 2.24) is 18.8 Å². The number of hydrogen-bond donors (Lipinski definition) is 0. The van der Waals surface area contributed by atoms with Gasteiger partial charge in [0, 0.05) is 32.7 Å². The molecule has 14 rings (SSSR count). The van der Waals surface area contributed by atoms with Crippen LogP contribution >= 0.6 is 0 Å². The molecule has 0 radical (unpaired) electrons. The number of aromatic nitrogens is 4. The second-order valence-corrected chi connectivity index (χ2v) is 20.9. The number of pyridine rings is 2. The molecule has 2 saturated carbocycles. The van der Waals surface area contributed by atoms with Crippen LogP contribution in [0.5, 0.6) is 0 Å². The van der Waals surface area contributed by atoms with Gasteiger partial charge in [-0.05, 0) is 145 Å². The quantitative estimate of drug-likeness (QED) is 0.156. The molecule has 0 unspecified atom stereocenters. The van der Waals surface area contributed by atoms with Gasteiger partial charge in [-0.1, -0.05) is 172 Å². The van der Waals surface area contributed by atoms with Crippen LogP contribution in [-0.2, 0) is 0 Å². The average Bonchev–Trinajstić information content (AvgIpc) is 4.11. The van der Waals surface area contributed by atoms with Gasteiger partial charge in [-0.25, -0.2) is 9.97 Å². The highest BCUT2D eigenvalue weighted by Crippen LogP contribution is 2.47. The maximum Gasteiger partial charge on any atom is 0.145 e. The van der Waals surface area contributed by atoms with E-state index in [2.05, 4.69) is 167 Å². The highest BCUT2D eigenvalue weighted by molar-refractivity contribution is 6.13. The van der Waals surface area contributed by atoms with Crippen LogP contribution in [0.3, 0.4) is 0 Å². The number of nitrogens with zero attached hydrogens (tertiary/aromatic N) is 4. The lowest BCUT2D eigenvalue weighted by Gasteiger charge is -2.29. The second kappa shape index (κ2) is 18.9. The Balaban J connectivity index is 0.000000137. The summed E-state index contributed by atoms with van der Waals surface area (Å²) in [5, 5.41) is 7.61. The van der Waals surface area contributed by atoms with Gasteiger partial charge < -0.3 is 0 Å². The summed E-state index contributed by atoms with van der Waals surface area (Å²) in [6.07, 6.45) is 32.6. The molecular formula is C66H64N4. The van der Waals surface area contributed by atoms with Crippen LogP contribution in [0, 0.1) is 0 Å². The molecule has 0 spiro atoms. The molecule has 4 aliphatic rings. The summed E-state index contributed by atoms with van der Waals surface area (Å²) in [6, 6.07) is 49.4. The summed E-state index contributed by atoms with van der Waals surface area (Å²) < 4.78 is 4.90. The van der Waals surface area contributed by atoms with Crippen molar-refractivity contribution in [2.24, 2.45) is 0 Å². The largest absolute Gasteiger partial charge is 0.292 e. The molecule has 0 atom stereocenters. The number of benzene rings is 6. The van der Waals surface area contributed by atoms with E-state index in [0.717, 1.165) is 24.1 Å². The number of allylic oxidation sites excluding steroid dienone is 4. The van der Waals surface area contributed by atoms with E-state index in [4.69, 9.17) is 9.97 Å². The van der Waals surface area contributed by atoms with Gasteiger partial charge in [0.25, 0.3) is 0 Å². The zero-order valence-corrected chi connectivity index (χ0v) is 40.7. The molecule has 4 heterocycles. The summed E-state index contributed by atoms with van der Waals surface area (Å²) in [6.45, 7) is 0. The molecule has 4 aromatic heterocycles. The molecule has 4 aliphatic carbocycles. The van der Waals surface area contributed by atoms with Crippen molar-refractivity contribution >= 4 is 65.8 Å². The fourth-order valence-electron chi connectivity index (χ4n) is 13.5. The van der Waals surface area contributed by atoms with E-state index in [0.29, 0.717) is 11.8 Å². The Kier molecular flexibility index (Phi) is 11.6. The zero-order chi connectivity index (χ0) is 46.4. The van der Waals surface area contributed by atoms with Crippen LogP contribution in [0.25, 0.3) is 88.3 Å². The number of hydrogen-bond acceptors (Lipinski definition) is 2. The minimum absolute atomic E-state index is 0.666. The summed E-state index contributed by atoms with van der Waals surface area (Å²) in [7, 11) is 0. The predicted molar refractivity (Wildman–Crippen MR) is 296 cm³/mol. The Bertz CT molecular complexity index is 3560. The first-order valence-electron chi connectivity index (χ1n) is 27.0. The van der Waals surface area contributed by atoms with Gasteiger partial charge in [0.05, 0.1) is 34.8 Å². The van der Waals surface area contributed by atoms with E-state index < -0.39 is 0 Å². The Hall–Kier alpha value is -6.78. The number of rotatable bonds is 6. The van der Waals surface area contributed by atoms with Gasteiger partial charge in [-0.15, -0.1) is 0 Å². The zero-order valence-electron chi connectivity index (χ0n) is 40.7. The van der Waals surface area contributed by atoms with Crippen LogP contribution < -0.4 is 0 Å². The molecule has 0 N–H and O–H groups in total. The number of para-hydroxylation sites is 2. The van der Waals surface area contributed by atoms with Crippen LogP contribution in [0.1, 0.15) is 150 Å². The van der Waals surface area contributed by atoms with Gasteiger partial charge in [0.15, 0.2) is 0 Å². The minimum atomic E-state index is 0.666. The van der Waals surface area contributed by atoms with Crippen molar-refractivity contribution in [3.05, 3.63) is 180 Å². The SMILES string of the molecule is C1=C(c2cccc(C3=CCCCC3)c2-c2cnc3c4ccccc4c4ccccc4n23)CCCC1.c1cc(C2CCCCC2)c(-c2cnc3c4ccccc4c4ccccc4n23)c(C2CCCCC2)c1. The fourth-order valence-corrected chi connectivity index (χ4v) is 13.5. The van der Waals surface area contributed by atoms with Gasteiger partial charge >= 0.3 is 0 Å². The Morgan fingerprint density at radius 2 is 0.771 bits per heavy atom. The van der Waals surface area contributed by atoms with Gasteiger partial charge in [0.2, 0.25) is 0 Å². The van der Waals surface area contributed by atoms with E-state index in [9.17, 15) is 0 Å². The van der Waals surface area contributed by atoms with Gasteiger partial charge in [-0.2, -0.15) is 0 Å². The highest BCUT2D eigenvalue weighted by Gasteiger charge is 2.28. The third kappa shape index (κ3) is 7.57. The first kappa shape index (κ1) is 43.3. The third-order valence-corrected chi connectivity index (χ3v) is 16.8. The van der Waals surface area contributed by atoms with Crippen LogP contribution in [-0.4, -0.2) is 18.8 Å². The molecule has 0 amide bonds. The van der Waals surface area contributed by atoms with Crippen molar-refractivity contribution in [3.8, 4) is 22.5 Å². The molecule has 0 saturated heterocycles. The van der Waals surface area contributed by atoms with Crippen molar-refractivity contribution in [2.75, 3.05) is 0 Å². The molecule has 0 bridgehead atoms. The first-order valence-corrected chi connectivity index (χ1v) is 27.0. The number of imidazole rings is 2. The van der Waals surface area contributed by atoms with Crippen molar-refractivity contribution in [2.45, 2.75) is 127 Å². The average molecular weight is 913 g/mol. The van der Waals surface area contributed by atoms with E-state index in [1.165, 1.54) is 191 Å². The van der Waals surface area contributed by atoms with E-state index in [1.807, 2.05) is 0 Å². The highest BCUT2D eigenvalue weighted by atomic mass is 15.0. The van der Waals surface area contributed by atoms with Crippen molar-refractivity contribution in [1.29, 1.82) is 0 Å². The van der Waals surface area contributed by atoms with Crippen molar-refractivity contribution < 1.29 is 0 Å². The summed E-state index contributed by atoms with van der Waals surface area (Å²) >= 11 is 0. The predicted octanol–water partition coefficient (Wildman–Crippen LogP) is 18.6. The molecule has 0 aliphatic heterocycles. The molecule has 10 aromatic rings. The van der Waals surface area contributed by atoms with E-state index >= 15 is 0 Å². The summed E-state index contributed by atoms with van der Waals surface area (Å²) in [5.41, 5.74) is 18.9. The molecule has 70 heavy (non-hydrogen) atoms. The van der Waals surface area contributed by atoms with Crippen LogP contribution in [0.2, 0.25) is 0 Å². The molecule has 4 heteroatoms. The maximum atomic E-state index is 5.11. The van der Waals surface area contributed by atoms with Crippen molar-refractivity contribution in [3.63, 3.8) is 0 Å². The van der Waals surface area contributed by atoms with E-state index in [-0.39, 0.29) is 0 Å². The molecule has 6 aromatic carbocycles. The fraction of sp³-hybridized carbons (Fsp3) is 0.303. The lowest BCUT2D eigenvalue weighted by atomic mass is 9.76. The topological polar surface area (TPSA) is 34.6 Å². The Morgan fingerprint density at radius 1 is 0.357 bits per heavy atom. The minimum Gasteiger partial charge on any atom is -0.292 e. The Morgan fingerprint density at radius 3 is 1.23 bits per heavy atom. The molecule has 2 fully saturated rings. The molecule has 4 nitrogen and oxygen atoms in total. The summed E-state index contributed by atoms with van der Waals surface area (Å²) in [4.78, 5) is 10.2. The van der Waals surface area contributed by atoms with Gasteiger partial charge in [0.1, 0.15) is 11.3 Å². The summed E-state index contributed by atoms with van der Waals surface area (Å²) in [5.74, 6) is 1.33. The lowest BCUT2D eigenvalue weighted by molar-refractivity contribution is 0.436. The normalized spacial score (nSPS) is 17.3. The maximum absolute atomic E-state index is 5.11.